The van der Waals surface area contributed by atoms with Crippen molar-refractivity contribution in [3.8, 4) is 0 Å². The first-order valence-electron chi connectivity index (χ1n) is 8.08. The van der Waals surface area contributed by atoms with Crippen molar-refractivity contribution in [3.63, 3.8) is 0 Å². The summed E-state index contributed by atoms with van der Waals surface area (Å²) in [4.78, 5) is 0. The van der Waals surface area contributed by atoms with Crippen molar-refractivity contribution in [3.05, 3.63) is 33.4 Å². The van der Waals surface area contributed by atoms with Gasteiger partial charge in [-0.3, -0.25) is 11.3 Å². The van der Waals surface area contributed by atoms with Gasteiger partial charge in [0.15, 0.2) is 0 Å². The maximum absolute atomic E-state index is 6.22. The highest BCUT2D eigenvalue weighted by Crippen LogP contribution is 2.44. The number of halogens is 1. The molecule has 3 rings (SSSR count). The number of hydrogen-bond donors (Lipinski definition) is 2. The molecule has 4 heteroatoms. The van der Waals surface area contributed by atoms with Gasteiger partial charge in [0, 0.05) is 16.2 Å². The summed E-state index contributed by atoms with van der Waals surface area (Å²) >= 11 is 2.37. The Morgan fingerprint density at radius 2 is 2.10 bits per heavy atom. The first-order chi connectivity index (χ1) is 10.2. The van der Waals surface area contributed by atoms with E-state index in [1.165, 1.54) is 41.2 Å². The van der Waals surface area contributed by atoms with Gasteiger partial charge in [0.25, 0.3) is 0 Å². The zero-order chi connectivity index (χ0) is 14.7. The minimum absolute atomic E-state index is 0.137. The van der Waals surface area contributed by atoms with Crippen molar-refractivity contribution < 1.29 is 4.74 Å². The zero-order valence-corrected chi connectivity index (χ0v) is 14.6. The lowest BCUT2D eigenvalue weighted by Gasteiger charge is -2.45. The number of rotatable bonds is 3. The second kappa shape index (κ2) is 6.94. The van der Waals surface area contributed by atoms with Gasteiger partial charge < -0.3 is 4.74 Å². The molecule has 1 heterocycles. The van der Waals surface area contributed by atoms with E-state index in [-0.39, 0.29) is 11.6 Å². The van der Waals surface area contributed by atoms with E-state index in [1.54, 1.807) is 0 Å². The fraction of sp³-hybridized carbons (Fsp3) is 0.647. The van der Waals surface area contributed by atoms with Crippen molar-refractivity contribution in [2.45, 2.75) is 56.6 Å². The third-order valence-electron chi connectivity index (χ3n) is 5.15. The highest BCUT2D eigenvalue weighted by molar-refractivity contribution is 14.1. The van der Waals surface area contributed by atoms with Crippen LogP contribution in [0.5, 0.6) is 0 Å². The Morgan fingerprint density at radius 1 is 1.29 bits per heavy atom. The highest BCUT2D eigenvalue weighted by atomic mass is 127. The summed E-state index contributed by atoms with van der Waals surface area (Å²) in [5.74, 6) is 6.48. The predicted molar refractivity (Wildman–Crippen MR) is 93.7 cm³/mol. The van der Waals surface area contributed by atoms with Crippen LogP contribution in [-0.2, 0) is 4.74 Å². The molecule has 1 aliphatic heterocycles. The van der Waals surface area contributed by atoms with Crippen molar-refractivity contribution in [1.82, 2.24) is 5.43 Å². The average molecular weight is 400 g/mol. The lowest BCUT2D eigenvalue weighted by Crippen LogP contribution is -2.45. The van der Waals surface area contributed by atoms with Crippen molar-refractivity contribution in [1.29, 1.82) is 0 Å². The van der Waals surface area contributed by atoms with Crippen molar-refractivity contribution in [2.24, 2.45) is 11.8 Å². The first-order valence-corrected chi connectivity index (χ1v) is 9.16. The Kier molecular flexibility index (Phi) is 5.19. The summed E-state index contributed by atoms with van der Waals surface area (Å²) in [6.45, 7) is 0.882. The molecule has 1 saturated carbocycles. The largest absolute Gasteiger partial charge is 0.375 e. The van der Waals surface area contributed by atoms with E-state index < -0.39 is 0 Å². The Balaban J connectivity index is 1.77. The Bertz CT molecular complexity index is 468. The zero-order valence-electron chi connectivity index (χ0n) is 12.5. The van der Waals surface area contributed by atoms with Crippen molar-refractivity contribution >= 4 is 22.6 Å². The average Bonchev–Trinajstić information content (AvgIpc) is 2.49. The molecule has 0 radical (unpaired) electrons. The van der Waals surface area contributed by atoms with Gasteiger partial charge in [0.1, 0.15) is 0 Å². The van der Waals surface area contributed by atoms with Crippen LogP contribution >= 0.6 is 22.6 Å². The quantitative estimate of drug-likeness (QED) is 0.459. The van der Waals surface area contributed by atoms with E-state index in [0.29, 0.717) is 5.92 Å². The molecule has 2 fully saturated rings. The minimum atomic E-state index is 0.137. The molecular weight excluding hydrogens is 375 g/mol. The van der Waals surface area contributed by atoms with E-state index in [4.69, 9.17) is 10.6 Å². The molecule has 1 aromatic rings. The SMILES string of the molecule is NNC(c1cccc(I)c1)C1CCOC2(CCCCC2)C1. The lowest BCUT2D eigenvalue weighted by atomic mass is 9.73. The van der Waals surface area contributed by atoms with Crippen LogP contribution in [0.4, 0.5) is 0 Å². The van der Waals surface area contributed by atoms with E-state index in [0.717, 1.165) is 19.4 Å². The highest BCUT2D eigenvalue weighted by Gasteiger charge is 2.40. The van der Waals surface area contributed by atoms with Crippen LogP contribution in [0, 0.1) is 9.49 Å². The number of nitrogens with one attached hydrogen (secondary N) is 1. The number of ether oxygens (including phenoxy) is 1. The molecule has 0 amide bonds. The molecule has 2 atom stereocenters. The molecule has 1 aliphatic carbocycles. The lowest BCUT2D eigenvalue weighted by molar-refractivity contribution is -0.122. The second-order valence-electron chi connectivity index (χ2n) is 6.54. The smallest absolute Gasteiger partial charge is 0.0686 e. The topological polar surface area (TPSA) is 47.3 Å². The third-order valence-corrected chi connectivity index (χ3v) is 5.83. The van der Waals surface area contributed by atoms with Crippen LogP contribution in [0.2, 0.25) is 0 Å². The van der Waals surface area contributed by atoms with E-state index in [9.17, 15) is 0 Å². The van der Waals surface area contributed by atoms with Gasteiger partial charge in [-0.1, -0.05) is 31.4 Å². The van der Waals surface area contributed by atoms with Crippen molar-refractivity contribution in [2.75, 3.05) is 6.61 Å². The van der Waals surface area contributed by atoms with Crippen LogP contribution in [0.1, 0.15) is 56.6 Å². The summed E-state index contributed by atoms with van der Waals surface area (Å²) in [6.07, 6.45) is 8.70. The summed E-state index contributed by atoms with van der Waals surface area (Å²) in [5, 5.41) is 0. The molecule has 1 saturated heterocycles. The maximum Gasteiger partial charge on any atom is 0.0686 e. The number of benzene rings is 1. The second-order valence-corrected chi connectivity index (χ2v) is 7.79. The Hall–Kier alpha value is -0.170. The Morgan fingerprint density at radius 3 is 2.81 bits per heavy atom. The molecular formula is C17H25IN2O. The van der Waals surface area contributed by atoms with Crippen LogP contribution < -0.4 is 11.3 Å². The standard InChI is InChI=1S/C17H25IN2O/c18-15-6-4-5-13(11-15)16(20-19)14-7-10-21-17(12-14)8-2-1-3-9-17/h4-6,11,14,16,20H,1-3,7-10,12,19H2. The van der Waals surface area contributed by atoms with Gasteiger partial charge in [0.05, 0.1) is 5.60 Å². The fourth-order valence-corrected chi connectivity index (χ4v) is 4.67. The van der Waals surface area contributed by atoms with Crippen LogP contribution in [0.25, 0.3) is 0 Å². The third kappa shape index (κ3) is 3.60. The molecule has 3 nitrogen and oxygen atoms in total. The molecule has 116 valence electrons. The molecule has 2 unspecified atom stereocenters. The first kappa shape index (κ1) is 15.7. The molecule has 0 aromatic heterocycles. The van der Waals surface area contributed by atoms with E-state index in [2.05, 4.69) is 52.3 Å². The van der Waals surface area contributed by atoms with Gasteiger partial charge in [-0.15, -0.1) is 0 Å². The summed E-state index contributed by atoms with van der Waals surface area (Å²) in [6, 6.07) is 8.92. The van der Waals surface area contributed by atoms with Gasteiger partial charge in [-0.25, -0.2) is 0 Å². The Labute approximate surface area is 141 Å². The molecule has 1 spiro atoms. The summed E-state index contributed by atoms with van der Waals surface area (Å²) in [7, 11) is 0. The minimum Gasteiger partial charge on any atom is -0.375 e. The van der Waals surface area contributed by atoms with Gasteiger partial charge in [0.2, 0.25) is 0 Å². The van der Waals surface area contributed by atoms with Crippen LogP contribution in [0.15, 0.2) is 24.3 Å². The molecule has 21 heavy (non-hydrogen) atoms. The molecule has 2 aliphatic rings. The summed E-state index contributed by atoms with van der Waals surface area (Å²) in [5.41, 5.74) is 4.52. The maximum atomic E-state index is 6.22. The number of nitrogens with two attached hydrogens (primary N) is 1. The van der Waals surface area contributed by atoms with Gasteiger partial charge in [-0.05, 0) is 71.9 Å². The number of hydrogen-bond acceptors (Lipinski definition) is 3. The normalized spacial score (nSPS) is 26.7. The molecule has 3 N–H and O–H groups in total. The van der Waals surface area contributed by atoms with Gasteiger partial charge >= 0.3 is 0 Å². The van der Waals surface area contributed by atoms with E-state index >= 15 is 0 Å². The summed E-state index contributed by atoms with van der Waals surface area (Å²) < 4.78 is 7.49. The predicted octanol–water partition coefficient (Wildman–Crippen LogP) is 3.93. The van der Waals surface area contributed by atoms with Crippen LogP contribution in [-0.4, -0.2) is 12.2 Å². The number of hydrazine groups is 1. The van der Waals surface area contributed by atoms with Gasteiger partial charge in [-0.2, -0.15) is 0 Å². The molecule has 1 aromatic carbocycles. The monoisotopic (exact) mass is 400 g/mol. The fourth-order valence-electron chi connectivity index (χ4n) is 4.10. The van der Waals surface area contributed by atoms with E-state index in [1.807, 2.05) is 0 Å². The van der Waals surface area contributed by atoms with Crippen LogP contribution in [0.3, 0.4) is 0 Å². The molecule has 0 bridgehead atoms.